The first kappa shape index (κ1) is 18.3. The first-order chi connectivity index (χ1) is 13.4. The van der Waals surface area contributed by atoms with Gasteiger partial charge in [0.1, 0.15) is 11.9 Å². The van der Waals surface area contributed by atoms with Gasteiger partial charge in [-0.05, 0) is 30.3 Å². The Kier molecular flexibility index (Phi) is 4.83. The Morgan fingerprint density at radius 3 is 2.61 bits per heavy atom. The summed E-state index contributed by atoms with van der Waals surface area (Å²) in [7, 11) is 0. The van der Waals surface area contributed by atoms with E-state index in [1.54, 1.807) is 16.8 Å². The molecule has 28 heavy (non-hydrogen) atoms. The second-order valence-corrected chi connectivity index (χ2v) is 5.46. The topological polar surface area (TPSA) is 124 Å². The lowest BCUT2D eigenvalue weighted by Crippen LogP contribution is -2.25. The molecular weight excluding hydrogens is 365 g/mol. The van der Waals surface area contributed by atoms with Crippen LogP contribution in [0.25, 0.3) is 5.82 Å². The Bertz CT molecular complexity index is 1170. The van der Waals surface area contributed by atoms with Crippen LogP contribution in [0.1, 0.15) is 32.0 Å². The molecule has 2 heterocycles. The maximum atomic E-state index is 13.7. The summed E-state index contributed by atoms with van der Waals surface area (Å²) in [6.07, 6.45) is 8.30. The van der Waals surface area contributed by atoms with Crippen LogP contribution < -0.4 is 10.4 Å². The third-order valence-corrected chi connectivity index (χ3v) is 3.70. The van der Waals surface area contributed by atoms with Gasteiger partial charge in [-0.1, -0.05) is 5.92 Å². The van der Waals surface area contributed by atoms with Gasteiger partial charge in [0.25, 0.3) is 5.91 Å². The van der Waals surface area contributed by atoms with Crippen molar-refractivity contribution in [3.8, 4) is 24.2 Å². The Morgan fingerprint density at radius 2 is 2.04 bits per heavy atom. The van der Waals surface area contributed by atoms with Gasteiger partial charge < -0.3 is 19.8 Å². The summed E-state index contributed by atoms with van der Waals surface area (Å²) in [5.41, 5.74) is -0.700. The Balaban J connectivity index is 1.86. The third-order valence-electron chi connectivity index (χ3n) is 3.70. The maximum Gasteiger partial charge on any atom is 0.276 e. The van der Waals surface area contributed by atoms with E-state index in [0.717, 1.165) is 6.07 Å². The number of carbonyl (C=O) groups is 2. The second-order valence-electron chi connectivity index (χ2n) is 5.46. The molecule has 0 saturated heterocycles. The fourth-order valence-corrected chi connectivity index (χ4v) is 2.33. The standard InChI is InChI=1S/C19H10FN5O3/c1-2-12-7-16(13(19(27)28)8-14(12)20)22-18(26)15-3-4-17(24-23-15)25-6-5-11(9-21)10-25/h1,3-8,10H,(H,22,26)(H,27,28)/p-1. The molecule has 3 aromatic rings. The van der Waals surface area contributed by atoms with Gasteiger partial charge in [0.05, 0.1) is 22.8 Å². The smallest absolute Gasteiger partial charge is 0.276 e. The van der Waals surface area contributed by atoms with Crippen LogP contribution in [0.15, 0.2) is 42.7 Å². The van der Waals surface area contributed by atoms with Crippen LogP contribution in [-0.2, 0) is 0 Å². The number of terminal acetylenes is 1. The zero-order valence-corrected chi connectivity index (χ0v) is 14.0. The van der Waals surface area contributed by atoms with Crippen LogP contribution >= 0.6 is 0 Å². The minimum atomic E-state index is -1.68. The van der Waals surface area contributed by atoms with Gasteiger partial charge in [0, 0.05) is 18.0 Å². The first-order valence-corrected chi connectivity index (χ1v) is 7.68. The molecule has 9 heteroatoms. The van der Waals surface area contributed by atoms with E-state index in [0.29, 0.717) is 17.4 Å². The van der Waals surface area contributed by atoms with E-state index in [4.69, 9.17) is 11.7 Å². The van der Waals surface area contributed by atoms with Crippen LogP contribution in [0, 0.1) is 29.5 Å². The minimum absolute atomic E-state index is 0.118. The highest BCUT2D eigenvalue weighted by Crippen LogP contribution is 2.21. The minimum Gasteiger partial charge on any atom is -0.545 e. The van der Waals surface area contributed by atoms with Crippen LogP contribution in [0.5, 0.6) is 0 Å². The van der Waals surface area contributed by atoms with Gasteiger partial charge in [-0.2, -0.15) is 5.26 Å². The molecule has 0 unspecified atom stereocenters. The number of hydrogen-bond acceptors (Lipinski definition) is 6. The van der Waals surface area contributed by atoms with Crippen LogP contribution in [0.2, 0.25) is 0 Å². The molecule has 2 aromatic heterocycles. The number of halogens is 1. The number of aromatic carboxylic acids is 1. The zero-order valence-electron chi connectivity index (χ0n) is 14.0. The highest BCUT2D eigenvalue weighted by Gasteiger charge is 2.15. The number of carboxylic acid groups (broad SMARTS) is 1. The summed E-state index contributed by atoms with van der Waals surface area (Å²) < 4.78 is 15.2. The molecule has 0 fully saturated rings. The lowest BCUT2D eigenvalue weighted by molar-refractivity contribution is -0.254. The van der Waals surface area contributed by atoms with E-state index in [9.17, 15) is 19.1 Å². The summed E-state index contributed by atoms with van der Waals surface area (Å²) in [6.45, 7) is 0. The lowest BCUT2D eigenvalue weighted by Gasteiger charge is -2.13. The summed E-state index contributed by atoms with van der Waals surface area (Å²) in [5, 5.41) is 30.0. The zero-order chi connectivity index (χ0) is 20.3. The number of rotatable bonds is 4. The maximum absolute atomic E-state index is 13.7. The fourth-order valence-electron chi connectivity index (χ4n) is 2.33. The van der Waals surface area contributed by atoms with Crippen molar-refractivity contribution < 1.29 is 19.1 Å². The summed E-state index contributed by atoms with van der Waals surface area (Å²) >= 11 is 0. The molecule has 0 aliphatic rings. The molecule has 0 aliphatic carbocycles. The molecule has 0 saturated carbocycles. The molecule has 8 nitrogen and oxygen atoms in total. The normalized spacial score (nSPS) is 9.96. The molecule has 0 spiro atoms. The Hall–Kier alpha value is -4.50. The van der Waals surface area contributed by atoms with Crippen LogP contribution in [0.3, 0.4) is 0 Å². The molecule has 0 atom stereocenters. The average Bonchev–Trinajstić information content (AvgIpc) is 3.18. The van der Waals surface area contributed by atoms with Gasteiger partial charge in [0.15, 0.2) is 11.5 Å². The largest absolute Gasteiger partial charge is 0.545 e. The van der Waals surface area contributed by atoms with E-state index in [2.05, 4.69) is 21.4 Å². The molecule has 0 bridgehead atoms. The van der Waals surface area contributed by atoms with E-state index >= 15 is 0 Å². The SMILES string of the molecule is C#Cc1cc(NC(=O)c2ccc(-n3ccc(C#N)c3)nn2)c(C(=O)[O-])cc1F. The van der Waals surface area contributed by atoms with Gasteiger partial charge in [-0.15, -0.1) is 16.6 Å². The number of nitrogens with zero attached hydrogens (tertiary/aromatic N) is 4. The molecular formula is C19H9FN5O3-. The van der Waals surface area contributed by atoms with E-state index in [-0.39, 0.29) is 16.9 Å². The number of anilines is 1. The van der Waals surface area contributed by atoms with Crippen molar-refractivity contribution >= 4 is 17.6 Å². The van der Waals surface area contributed by atoms with E-state index < -0.39 is 23.3 Å². The van der Waals surface area contributed by atoms with E-state index in [1.807, 2.05) is 6.07 Å². The molecule has 1 aromatic carbocycles. The van der Waals surface area contributed by atoms with Crippen molar-refractivity contribution in [3.05, 3.63) is 70.9 Å². The monoisotopic (exact) mass is 374 g/mol. The highest BCUT2D eigenvalue weighted by atomic mass is 19.1. The van der Waals surface area contributed by atoms with Crippen molar-refractivity contribution in [1.29, 1.82) is 5.26 Å². The number of nitriles is 1. The van der Waals surface area contributed by atoms with Crippen molar-refractivity contribution in [2.45, 2.75) is 0 Å². The van der Waals surface area contributed by atoms with Gasteiger partial charge in [0.2, 0.25) is 0 Å². The van der Waals surface area contributed by atoms with Crippen molar-refractivity contribution in [2.24, 2.45) is 0 Å². The predicted octanol–water partition coefficient (Wildman–Crippen LogP) is 0.875. The number of nitrogens with one attached hydrogen (secondary N) is 1. The van der Waals surface area contributed by atoms with Crippen LogP contribution in [0.4, 0.5) is 10.1 Å². The number of aromatic nitrogens is 3. The predicted molar refractivity (Wildman–Crippen MR) is 92.7 cm³/mol. The van der Waals surface area contributed by atoms with Crippen molar-refractivity contribution in [2.75, 3.05) is 5.32 Å². The number of hydrogen-bond donors (Lipinski definition) is 1. The van der Waals surface area contributed by atoms with Gasteiger partial charge in [-0.25, -0.2) is 4.39 Å². The van der Waals surface area contributed by atoms with Crippen molar-refractivity contribution in [3.63, 3.8) is 0 Å². The average molecular weight is 374 g/mol. The molecule has 1 amide bonds. The highest BCUT2D eigenvalue weighted by molar-refractivity contribution is 6.06. The number of amides is 1. The molecule has 3 rings (SSSR count). The molecule has 0 radical (unpaired) electrons. The molecule has 136 valence electrons. The van der Waals surface area contributed by atoms with Crippen molar-refractivity contribution in [1.82, 2.24) is 14.8 Å². The molecule has 1 N–H and O–H groups in total. The Morgan fingerprint density at radius 1 is 1.25 bits per heavy atom. The number of carbonyl (C=O) groups excluding carboxylic acids is 2. The summed E-state index contributed by atoms with van der Waals surface area (Å²) in [5.74, 6) is -0.961. The van der Waals surface area contributed by atoms with Crippen LogP contribution in [-0.4, -0.2) is 26.6 Å². The number of carboxylic acids is 1. The quantitative estimate of drug-likeness (QED) is 0.676. The Labute approximate surface area is 157 Å². The third kappa shape index (κ3) is 3.54. The fraction of sp³-hybridized carbons (Fsp3) is 0. The molecule has 0 aliphatic heterocycles. The summed E-state index contributed by atoms with van der Waals surface area (Å²) in [4.78, 5) is 23.5. The summed E-state index contributed by atoms with van der Waals surface area (Å²) in [6, 6.07) is 8.09. The number of benzene rings is 1. The lowest BCUT2D eigenvalue weighted by atomic mass is 10.1. The second kappa shape index (κ2) is 7.40. The first-order valence-electron chi connectivity index (χ1n) is 7.68. The van der Waals surface area contributed by atoms with Gasteiger partial charge >= 0.3 is 0 Å². The van der Waals surface area contributed by atoms with E-state index in [1.165, 1.54) is 18.3 Å². The van der Waals surface area contributed by atoms with Gasteiger partial charge in [-0.3, -0.25) is 4.79 Å².